The van der Waals surface area contributed by atoms with E-state index in [1.54, 1.807) is 22.8 Å². The second kappa shape index (κ2) is 11.1. The molecule has 0 saturated carbocycles. The maximum atomic E-state index is 12.0. The number of carboxylic acids is 2. The van der Waals surface area contributed by atoms with Crippen LogP contribution >= 0.6 is 23.2 Å². The minimum Gasteiger partial charge on any atom is -0.481 e. The molecule has 0 radical (unpaired) electrons. The second-order valence-corrected chi connectivity index (χ2v) is 8.31. The van der Waals surface area contributed by atoms with Crippen molar-refractivity contribution in [3.8, 4) is 0 Å². The number of halogens is 2. The molecule has 32 heavy (non-hydrogen) atoms. The van der Waals surface area contributed by atoms with E-state index in [1.165, 1.54) is 12.5 Å². The van der Waals surface area contributed by atoms with Gasteiger partial charge in [-0.1, -0.05) is 53.5 Å². The first kappa shape index (κ1) is 23.8. The molecule has 3 N–H and O–H groups in total. The van der Waals surface area contributed by atoms with Gasteiger partial charge in [-0.2, -0.15) is 0 Å². The molecule has 0 bridgehead atoms. The number of aromatic nitrogens is 2. The summed E-state index contributed by atoms with van der Waals surface area (Å²) in [4.78, 5) is 27.8. The Labute approximate surface area is 195 Å². The molecule has 2 atom stereocenters. The van der Waals surface area contributed by atoms with Crippen molar-refractivity contribution in [2.45, 2.75) is 31.3 Å². The molecule has 9 heteroatoms. The largest absolute Gasteiger partial charge is 0.481 e. The van der Waals surface area contributed by atoms with E-state index in [-0.39, 0.29) is 6.54 Å². The van der Waals surface area contributed by atoms with Gasteiger partial charge in [0.05, 0.1) is 12.0 Å². The number of carbonyl (C=O) groups is 2. The van der Waals surface area contributed by atoms with Crippen molar-refractivity contribution in [3.63, 3.8) is 0 Å². The van der Waals surface area contributed by atoms with Gasteiger partial charge >= 0.3 is 11.9 Å². The van der Waals surface area contributed by atoms with Gasteiger partial charge in [0.2, 0.25) is 0 Å². The fraction of sp³-hybridized carbons (Fsp3) is 0.261. The lowest BCUT2D eigenvalue weighted by molar-refractivity contribution is -0.141. The second-order valence-electron chi connectivity index (χ2n) is 7.44. The monoisotopic (exact) mass is 475 g/mol. The van der Waals surface area contributed by atoms with Gasteiger partial charge in [0.15, 0.2) is 0 Å². The van der Waals surface area contributed by atoms with Gasteiger partial charge in [0, 0.05) is 29.3 Å². The maximum absolute atomic E-state index is 12.0. The number of aliphatic carboxylic acids is 2. The zero-order valence-electron chi connectivity index (χ0n) is 17.1. The van der Waals surface area contributed by atoms with Crippen molar-refractivity contribution < 1.29 is 19.8 Å². The summed E-state index contributed by atoms with van der Waals surface area (Å²) in [5.74, 6) is -3.08. The molecule has 168 valence electrons. The van der Waals surface area contributed by atoms with Gasteiger partial charge in [-0.05, 0) is 42.2 Å². The Kier molecular flexibility index (Phi) is 8.27. The highest BCUT2D eigenvalue weighted by Crippen LogP contribution is 2.22. The third-order valence-corrected chi connectivity index (χ3v) is 5.54. The van der Waals surface area contributed by atoms with Crippen LogP contribution in [0.3, 0.4) is 0 Å². The van der Waals surface area contributed by atoms with Crippen molar-refractivity contribution in [1.29, 1.82) is 0 Å². The molecular formula is C23H23Cl2N3O4. The normalized spacial score (nSPS) is 12.9. The molecule has 0 aliphatic rings. The van der Waals surface area contributed by atoms with Gasteiger partial charge in [-0.15, -0.1) is 0 Å². The zero-order valence-corrected chi connectivity index (χ0v) is 18.6. The number of benzene rings is 2. The number of carboxylic acid groups (broad SMARTS) is 2. The molecule has 0 saturated heterocycles. The highest BCUT2D eigenvalue weighted by Gasteiger charge is 2.26. The topological polar surface area (TPSA) is 104 Å². The summed E-state index contributed by atoms with van der Waals surface area (Å²) in [5, 5.41) is 23.3. The average molecular weight is 476 g/mol. The molecule has 0 aliphatic carbocycles. The summed E-state index contributed by atoms with van der Waals surface area (Å²) < 4.78 is 1.70. The van der Waals surface area contributed by atoms with Crippen LogP contribution in [0.25, 0.3) is 0 Å². The van der Waals surface area contributed by atoms with Crippen molar-refractivity contribution >= 4 is 35.1 Å². The molecule has 0 amide bonds. The predicted molar refractivity (Wildman–Crippen MR) is 122 cm³/mol. The van der Waals surface area contributed by atoms with Crippen molar-refractivity contribution in [2.75, 3.05) is 6.54 Å². The number of aryl methyl sites for hydroxylation is 1. The molecular weight excluding hydrogens is 453 g/mol. The fourth-order valence-electron chi connectivity index (χ4n) is 3.50. The van der Waals surface area contributed by atoms with E-state index in [2.05, 4.69) is 10.3 Å². The third-order valence-electron chi connectivity index (χ3n) is 5.11. The quantitative estimate of drug-likeness (QED) is 0.385. The summed E-state index contributed by atoms with van der Waals surface area (Å²) >= 11 is 12.1. The molecule has 1 aromatic heterocycles. The van der Waals surface area contributed by atoms with E-state index in [0.717, 1.165) is 11.1 Å². The van der Waals surface area contributed by atoms with E-state index in [4.69, 9.17) is 23.2 Å². The Morgan fingerprint density at radius 1 is 1.00 bits per heavy atom. The standard InChI is InChI=1S/C23H23Cl2N3O4/c24-17-8-16(9-18(25)10-17)13-28-14-26-12-21(28)19(22(29)30)11-27-20(23(31)32)7-6-15-4-2-1-3-5-15/h1-5,8-10,12,14,19-20,27H,6-7,11,13H2,(H,29,30)(H,31,32). The van der Waals surface area contributed by atoms with Crippen LogP contribution < -0.4 is 5.32 Å². The lowest BCUT2D eigenvalue weighted by atomic mass is 10.0. The third kappa shape index (κ3) is 6.56. The summed E-state index contributed by atoms with van der Waals surface area (Å²) in [7, 11) is 0. The number of rotatable bonds is 11. The Morgan fingerprint density at radius 3 is 2.31 bits per heavy atom. The molecule has 2 unspecified atom stereocenters. The van der Waals surface area contributed by atoms with Crippen molar-refractivity contribution in [3.05, 3.63) is 87.9 Å². The number of nitrogens with one attached hydrogen (secondary N) is 1. The summed E-state index contributed by atoms with van der Waals surface area (Å²) in [6.45, 7) is 0.277. The van der Waals surface area contributed by atoms with Crippen LogP contribution in [0.2, 0.25) is 10.0 Å². The van der Waals surface area contributed by atoms with E-state index in [1.807, 2.05) is 30.3 Å². The summed E-state index contributed by atoms with van der Waals surface area (Å²) in [5.41, 5.74) is 2.27. The first-order valence-electron chi connectivity index (χ1n) is 10.0. The summed E-state index contributed by atoms with van der Waals surface area (Å²) in [6.07, 6.45) is 3.92. The molecule has 0 fully saturated rings. The van der Waals surface area contributed by atoms with Crippen molar-refractivity contribution in [1.82, 2.24) is 14.9 Å². The van der Waals surface area contributed by atoms with Crippen LogP contribution in [0.5, 0.6) is 0 Å². The molecule has 0 spiro atoms. The SMILES string of the molecule is O=C(O)C(CCc1ccccc1)NCC(C(=O)O)c1cncn1Cc1cc(Cl)cc(Cl)c1. The van der Waals surface area contributed by atoms with Crippen LogP contribution in [0.4, 0.5) is 0 Å². The van der Waals surface area contributed by atoms with E-state index in [0.29, 0.717) is 35.1 Å². The van der Waals surface area contributed by atoms with Crippen LogP contribution in [0.1, 0.15) is 29.2 Å². The lowest BCUT2D eigenvalue weighted by Gasteiger charge is -2.20. The van der Waals surface area contributed by atoms with Gasteiger partial charge in [0.25, 0.3) is 0 Å². The van der Waals surface area contributed by atoms with Gasteiger partial charge < -0.3 is 20.1 Å². The number of imidazole rings is 1. The Bertz CT molecular complexity index is 1050. The van der Waals surface area contributed by atoms with E-state index >= 15 is 0 Å². The number of hydrogen-bond donors (Lipinski definition) is 3. The number of nitrogens with zero attached hydrogens (tertiary/aromatic N) is 2. The molecule has 7 nitrogen and oxygen atoms in total. The molecule has 3 rings (SSSR count). The van der Waals surface area contributed by atoms with Crippen LogP contribution in [-0.2, 0) is 22.6 Å². The molecule has 0 aliphatic heterocycles. The Morgan fingerprint density at radius 2 is 1.69 bits per heavy atom. The zero-order chi connectivity index (χ0) is 23.1. The van der Waals surface area contributed by atoms with Crippen LogP contribution in [0, 0.1) is 0 Å². The molecule has 1 heterocycles. The molecule has 2 aromatic carbocycles. The first-order chi connectivity index (χ1) is 15.3. The maximum Gasteiger partial charge on any atom is 0.320 e. The van der Waals surface area contributed by atoms with E-state index < -0.39 is 23.9 Å². The van der Waals surface area contributed by atoms with Gasteiger partial charge in [-0.25, -0.2) is 4.98 Å². The van der Waals surface area contributed by atoms with Gasteiger partial charge in [-0.3, -0.25) is 9.59 Å². The van der Waals surface area contributed by atoms with Crippen LogP contribution in [-0.4, -0.2) is 44.3 Å². The summed E-state index contributed by atoms with van der Waals surface area (Å²) in [6, 6.07) is 13.8. The minimum atomic E-state index is -1.07. The average Bonchev–Trinajstić information content (AvgIpc) is 3.17. The van der Waals surface area contributed by atoms with Crippen molar-refractivity contribution in [2.24, 2.45) is 0 Å². The lowest BCUT2D eigenvalue weighted by Crippen LogP contribution is -2.41. The molecule has 3 aromatic rings. The van der Waals surface area contributed by atoms with E-state index in [9.17, 15) is 19.8 Å². The highest BCUT2D eigenvalue weighted by molar-refractivity contribution is 6.34. The highest BCUT2D eigenvalue weighted by atomic mass is 35.5. The predicted octanol–water partition coefficient (Wildman–Crippen LogP) is 4.08. The minimum absolute atomic E-state index is 0.0525. The smallest absolute Gasteiger partial charge is 0.320 e. The number of hydrogen-bond acceptors (Lipinski definition) is 4. The van der Waals surface area contributed by atoms with Gasteiger partial charge in [0.1, 0.15) is 12.0 Å². The fourth-order valence-corrected chi connectivity index (χ4v) is 4.07. The first-order valence-corrected chi connectivity index (χ1v) is 10.8. The Hall–Kier alpha value is -2.87. The Balaban J connectivity index is 1.70. The van der Waals surface area contributed by atoms with Crippen LogP contribution in [0.15, 0.2) is 61.1 Å².